The normalized spacial score (nSPS) is 6.00. The van der Waals surface area contributed by atoms with Gasteiger partial charge in [-0.25, -0.2) is 0 Å². The Balaban J connectivity index is -0.0000000325. The zero-order chi connectivity index (χ0) is 8.83. The third-order valence-electron chi connectivity index (χ3n) is 0.224. The summed E-state index contributed by atoms with van der Waals surface area (Å²) in [6.07, 6.45) is 0.875. The fraction of sp³-hybridized carbons (Fsp3) is 1.00. The van der Waals surface area contributed by atoms with Crippen molar-refractivity contribution < 1.29 is 15.3 Å². The van der Waals surface area contributed by atoms with Crippen molar-refractivity contribution in [3.63, 3.8) is 0 Å². The number of hydrogen-bond acceptors (Lipinski definition) is 3. The van der Waals surface area contributed by atoms with Crippen LogP contribution >= 0.6 is 0 Å². The topological polar surface area (TPSA) is 66.3 Å². The molecule has 0 bridgehead atoms. The van der Waals surface area contributed by atoms with Crippen molar-refractivity contribution in [3.05, 3.63) is 0 Å². The summed E-state index contributed by atoms with van der Waals surface area (Å²) in [4.78, 5) is 0. The maximum atomic E-state index is 8.93. The van der Waals surface area contributed by atoms with E-state index in [4.69, 9.17) is 15.3 Å². The van der Waals surface area contributed by atoms with Crippen LogP contribution in [0.4, 0.5) is 0 Å². The molecule has 0 aliphatic heterocycles. The van der Waals surface area contributed by atoms with E-state index in [1.54, 1.807) is 13.8 Å². The SMILES string of the molecule is CCCO.CC[O-].CC[O-].[Ca+2]. The molecule has 0 aromatic rings. The molecular formula is C7H18CaO3. The molecule has 0 saturated heterocycles. The molecule has 0 spiro atoms. The summed E-state index contributed by atoms with van der Waals surface area (Å²) in [7, 11) is 0. The van der Waals surface area contributed by atoms with Gasteiger partial charge in [-0.3, -0.25) is 0 Å². The maximum Gasteiger partial charge on any atom is 2.00 e. The van der Waals surface area contributed by atoms with Gasteiger partial charge in [-0.15, -0.1) is 13.2 Å². The van der Waals surface area contributed by atoms with Crippen LogP contribution < -0.4 is 10.2 Å². The first-order valence-corrected chi connectivity index (χ1v) is 3.51. The van der Waals surface area contributed by atoms with Gasteiger partial charge in [0.15, 0.2) is 0 Å². The minimum absolute atomic E-state index is 0. The molecule has 0 saturated carbocycles. The second-order valence-electron chi connectivity index (χ2n) is 1.30. The van der Waals surface area contributed by atoms with Gasteiger partial charge in [0, 0.05) is 6.61 Å². The first kappa shape index (κ1) is 22.7. The van der Waals surface area contributed by atoms with Crippen LogP contribution in [0.2, 0.25) is 0 Å². The van der Waals surface area contributed by atoms with Crippen molar-refractivity contribution in [2.24, 2.45) is 0 Å². The fourth-order valence-electron chi connectivity index (χ4n) is 0. The molecule has 0 unspecified atom stereocenters. The van der Waals surface area contributed by atoms with E-state index in [2.05, 4.69) is 0 Å². The number of rotatable bonds is 1. The summed E-state index contributed by atoms with van der Waals surface area (Å²) in [5.74, 6) is 0. The van der Waals surface area contributed by atoms with Crippen LogP contribution in [0.1, 0.15) is 27.2 Å². The van der Waals surface area contributed by atoms with Crippen molar-refractivity contribution >= 4 is 37.7 Å². The van der Waals surface area contributed by atoms with Gasteiger partial charge in [-0.1, -0.05) is 20.8 Å². The van der Waals surface area contributed by atoms with Crippen molar-refractivity contribution in [2.75, 3.05) is 19.8 Å². The average molecular weight is 190 g/mol. The molecule has 0 rings (SSSR count). The van der Waals surface area contributed by atoms with Gasteiger partial charge in [0.25, 0.3) is 0 Å². The van der Waals surface area contributed by atoms with Gasteiger partial charge in [0.05, 0.1) is 0 Å². The number of aliphatic hydroxyl groups excluding tert-OH is 1. The Morgan fingerprint density at radius 3 is 1.09 bits per heavy atom. The van der Waals surface area contributed by atoms with Crippen LogP contribution in [0.25, 0.3) is 0 Å². The van der Waals surface area contributed by atoms with Gasteiger partial charge in [0.1, 0.15) is 0 Å². The summed E-state index contributed by atoms with van der Waals surface area (Å²) in [6.45, 7) is 5.39. The first-order valence-electron chi connectivity index (χ1n) is 3.51. The van der Waals surface area contributed by atoms with E-state index in [9.17, 15) is 0 Å². The molecule has 66 valence electrons. The van der Waals surface area contributed by atoms with E-state index >= 15 is 0 Å². The summed E-state index contributed by atoms with van der Waals surface area (Å²) in [5.41, 5.74) is 0. The predicted molar refractivity (Wildman–Crippen MR) is 44.2 cm³/mol. The molecule has 0 aromatic carbocycles. The molecule has 0 aromatic heterocycles. The second-order valence-corrected chi connectivity index (χ2v) is 1.30. The summed E-state index contributed by atoms with van der Waals surface area (Å²) >= 11 is 0. The first-order chi connectivity index (χ1) is 4.74. The monoisotopic (exact) mass is 190 g/mol. The van der Waals surface area contributed by atoms with E-state index in [-0.39, 0.29) is 51.0 Å². The number of aliphatic hydroxyl groups is 1. The maximum absolute atomic E-state index is 8.93. The number of hydrogen-bond donors (Lipinski definition) is 1. The van der Waals surface area contributed by atoms with E-state index in [1.165, 1.54) is 0 Å². The molecular weight excluding hydrogens is 172 g/mol. The van der Waals surface area contributed by atoms with E-state index in [0.29, 0.717) is 6.61 Å². The van der Waals surface area contributed by atoms with E-state index in [0.717, 1.165) is 6.42 Å². The second kappa shape index (κ2) is 43.4. The molecule has 1 N–H and O–H groups in total. The minimum atomic E-state index is 0. The average Bonchev–Trinajstić information content (AvgIpc) is 1.91. The Hall–Kier alpha value is 1.14. The van der Waals surface area contributed by atoms with Crippen molar-refractivity contribution in [3.8, 4) is 0 Å². The van der Waals surface area contributed by atoms with Gasteiger partial charge in [-0.05, 0) is 6.42 Å². The van der Waals surface area contributed by atoms with Crippen LogP contribution in [-0.2, 0) is 0 Å². The third kappa shape index (κ3) is 203. The zero-order valence-corrected chi connectivity index (χ0v) is 10.0. The molecule has 0 fully saturated rings. The summed E-state index contributed by atoms with van der Waals surface area (Å²) < 4.78 is 0. The van der Waals surface area contributed by atoms with Gasteiger partial charge in [0.2, 0.25) is 0 Å². The van der Waals surface area contributed by atoms with Crippen molar-refractivity contribution in [2.45, 2.75) is 27.2 Å². The van der Waals surface area contributed by atoms with Crippen molar-refractivity contribution in [1.29, 1.82) is 0 Å². The van der Waals surface area contributed by atoms with Gasteiger partial charge < -0.3 is 15.3 Å². The Bertz CT molecular complexity index is 25.6. The Morgan fingerprint density at radius 2 is 1.09 bits per heavy atom. The van der Waals surface area contributed by atoms with Crippen LogP contribution in [0.5, 0.6) is 0 Å². The standard InChI is InChI=1S/C3H8O.2C2H5O.Ca/c1-2-3-4;2*1-2-3;/h4H,2-3H2,1H3;2*2H2,1H3;/q;2*-1;+2. The van der Waals surface area contributed by atoms with Crippen LogP contribution in [0.3, 0.4) is 0 Å². The summed E-state index contributed by atoms with van der Waals surface area (Å²) in [6, 6.07) is 0. The van der Waals surface area contributed by atoms with E-state index < -0.39 is 0 Å². The third-order valence-corrected chi connectivity index (χ3v) is 0.224. The predicted octanol–water partition coefficient (Wildman–Crippen LogP) is -1.26. The van der Waals surface area contributed by atoms with Gasteiger partial charge >= 0.3 is 37.7 Å². The molecule has 0 aliphatic rings. The minimum Gasteiger partial charge on any atom is -0.855 e. The van der Waals surface area contributed by atoms with Gasteiger partial charge in [-0.2, -0.15) is 0 Å². The van der Waals surface area contributed by atoms with E-state index in [1.807, 2.05) is 6.92 Å². The molecule has 0 aliphatic carbocycles. The van der Waals surface area contributed by atoms with Crippen LogP contribution in [-0.4, -0.2) is 62.7 Å². The molecule has 0 atom stereocenters. The Labute approximate surface area is 99.4 Å². The molecule has 4 heteroatoms. The molecule has 0 radical (unpaired) electrons. The molecule has 3 nitrogen and oxygen atoms in total. The molecule has 0 heterocycles. The van der Waals surface area contributed by atoms with Crippen LogP contribution in [0, 0.1) is 0 Å². The quantitative estimate of drug-likeness (QED) is 0.525. The van der Waals surface area contributed by atoms with Crippen molar-refractivity contribution in [1.82, 2.24) is 0 Å². The molecule has 11 heavy (non-hydrogen) atoms. The Kier molecular flexibility index (Phi) is 89.6. The fourth-order valence-corrected chi connectivity index (χ4v) is 0. The summed E-state index contributed by atoms with van der Waals surface area (Å²) in [5, 5.41) is 25.7. The zero-order valence-electron chi connectivity index (χ0n) is 7.80. The smallest absolute Gasteiger partial charge is 0.855 e. The van der Waals surface area contributed by atoms with Crippen LogP contribution in [0.15, 0.2) is 0 Å². The Morgan fingerprint density at radius 1 is 1.00 bits per heavy atom. The molecule has 0 amide bonds. The largest absolute Gasteiger partial charge is 2.00 e.